The van der Waals surface area contributed by atoms with Crippen molar-refractivity contribution < 1.29 is 29.3 Å². The van der Waals surface area contributed by atoms with Crippen molar-refractivity contribution >= 4 is 11.9 Å². The molecule has 0 aliphatic carbocycles. The largest absolute Gasteiger partial charge is 0.497 e. The lowest BCUT2D eigenvalue weighted by Gasteiger charge is -2.44. The lowest BCUT2D eigenvalue weighted by Crippen LogP contribution is -2.63. The minimum absolute atomic E-state index is 0.0167. The van der Waals surface area contributed by atoms with Crippen molar-refractivity contribution in [1.29, 1.82) is 0 Å². The first kappa shape index (κ1) is 15.1. The van der Waals surface area contributed by atoms with Gasteiger partial charge in [-0.05, 0) is 17.7 Å². The van der Waals surface area contributed by atoms with Crippen molar-refractivity contribution in [3.05, 3.63) is 23.8 Å². The second-order valence-corrected chi connectivity index (χ2v) is 5.06. The lowest BCUT2D eigenvalue weighted by molar-refractivity contribution is -0.178. The Morgan fingerprint density at radius 3 is 1.95 bits per heavy atom. The second-order valence-electron chi connectivity index (χ2n) is 5.06. The van der Waals surface area contributed by atoms with Gasteiger partial charge in [0.25, 0.3) is 0 Å². The molecule has 0 bridgehead atoms. The molecule has 7 nitrogen and oxygen atoms in total. The molecule has 1 fully saturated rings. The molecule has 1 saturated heterocycles. The normalized spacial score (nSPS) is 16.9. The monoisotopic (exact) mass is 295 g/mol. The van der Waals surface area contributed by atoms with E-state index in [-0.39, 0.29) is 13.1 Å². The summed E-state index contributed by atoms with van der Waals surface area (Å²) in [5.74, 6) is -1.33. The summed E-state index contributed by atoms with van der Waals surface area (Å²) in [4.78, 5) is 24.0. The number of methoxy groups -OCH3 is 2. The third-order valence-electron chi connectivity index (χ3n) is 3.62. The Hall–Kier alpha value is -2.28. The number of hydrogen-bond donors (Lipinski definition) is 2. The van der Waals surface area contributed by atoms with Crippen LogP contribution in [0.2, 0.25) is 0 Å². The van der Waals surface area contributed by atoms with Crippen LogP contribution in [0.15, 0.2) is 18.2 Å². The third kappa shape index (κ3) is 2.78. The summed E-state index contributed by atoms with van der Waals surface area (Å²) < 4.78 is 10.3. The van der Waals surface area contributed by atoms with E-state index in [4.69, 9.17) is 19.7 Å². The molecule has 0 aromatic heterocycles. The summed E-state index contributed by atoms with van der Waals surface area (Å²) in [6, 6.07) is 5.35. The van der Waals surface area contributed by atoms with Gasteiger partial charge in [0.05, 0.1) is 14.2 Å². The van der Waals surface area contributed by atoms with E-state index in [1.807, 2.05) is 12.1 Å². The average molecular weight is 295 g/mol. The summed E-state index contributed by atoms with van der Waals surface area (Å²) >= 11 is 0. The molecule has 0 radical (unpaired) electrons. The maximum Gasteiger partial charge on any atom is 0.323 e. The Balaban J connectivity index is 2.08. The van der Waals surface area contributed by atoms with Crippen molar-refractivity contribution in [2.45, 2.75) is 6.54 Å². The number of rotatable bonds is 6. The van der Waals surface area contributed by atoms with Crippen LogP contribution in [0, 0.1) is 5.41 Å². The molecule has 114 valence electrons. The summed E-state index contributed by atoms with van der Waals surface area (Å²) in [5.41, 5.74) is -0.821. The minimum Gasteiger partial charge on any atom is -0.497 e. The van der Waals surface area contributed by atoms with Crippen LogP contribution < -0.4 is 9.47 Å². The molecule has 7 heteroatoms. The van der Waals surface area contributed by atoms with Gasteiger partial charge >= 0.3 is 11.9 Å². The lowest BCUT2D eigenvalue weighted by atomic mass is 9.79. The molecule has 1 aliphatic heterocycles. The van der Waals surface area contributed by atoms with Crippen LogP contribution in [-0.4, -0.2) is 54.4 Å². The number of likely N-dealkylation sites (tertiary alicyclic amines) is 1. The molecular weight excluding hydrogens is 278 g/mol. The van der Waals surface area contributed by atoms with Crippen molar-refractivity contribution in [2.24, 2.45) is 5.41 Å². The SMILES string of the molecule is COc1cc(CN2CC(C(=O)O)(C(=O)O)C2)cc(OC)c1. The predicted molar refractivity (Wildman–Crippen MR) is 72.5 cm³/mol. The molecule has 1 heterocycles. The first-order chi connectivity index (χ1) is 9.91. The van der Waals surface area contributed by atoms with Crippen LogP contribution in [0.25, 0.3) is 0 Å². The Bertz CT molecular complexity index is 526. The summed E-state index contributed by atoms with van der Waals surface area (Å²) in [6.45, 7) is 0.407. The maximum absolute atomic E-state index is 11.1. The standard InChI is InChI=1S/C14H17NO6/c1-20-10-3-9(4-11(5-10)21-2)6-15-7-14(8-15,12(16)17)13(18)19/h3-5H,6-8H2,1-2H3,(H,16,17)(H,18,19). The number of carboxylic acid groups (broad SMARTS) is 2. The van der Waals surface area contributed by atoms with Crippen LogP contribution in [0.4, 0.5) is 0 Å². The van der Waals surface area contributed by atoms with E-state index in [9.17, 15) is 9.59 Å². The van der Waals surface area contributed by atoms with Gasteiger partial charge in [-0.15, -0.1) is 0 Å². The first-order valence-electron chi connectivity index (χ1n) is 6.32. The third-order valence-corrected chi connectivity index (χ3v) is 3.62. The predicted octanol–water partition coefficient (Wildman–Crippen LogP) is 0.675. The van der Waals surface area contributed by atoms with Crippen LogP contribution >= 0.6 is 0 Å². The van der Waals surface area contributed by atoms with Crippen molar-refractivity contribution in [1.82, 2.24) is 4.90 Å². The van der Waals surface area contributed by atoms with E-state index >= 15 is 0 Å². The molecule has 21 heavy (non-hydrogen) atoms. The van der Waals surface area contributed by atoms with Crippen molar-refractivity contribution in [2.75, 3.05) is 27.3 Å². The highest BCUT2D eigenvalue weighted by atomic mass is 16.5. The molecule has 0 amide bonds. The molecule has 1 aromatic rings. The fourth-order valence-corrected chi connectivity index (χ4v) is 2.41. The van der Waals surface area contributed by atoms with Crippen LogP contribution in [0.1, 0.15) is 5.56 Å². The minimum atomic E-state index is -1.69. The van der Waals surface area contributed by atoms with Crippen LogP contribution in [0.5, 0.6) is 11.5 Å². The topological polar surface area (TPSA) is 96.3 Å². The zero-order chi connectivity index (χ0) is 15.6. The molecule has 2 N–H and O–H groups in total. The van der Waals surface area contributed by atoms with Gasteiger partial charge in [0.1, 0.15) is 11.5 Å². The van der Waals surface area contributed by atoms with Crippen LogP contribution in [0.3, 0.4) is 0 Å². The average Bonchev–Trinajstić information content (AvgIpc) is 2.40. The smallest absolute Gasteiger partial charge is 0.323 e. The highest BCUT2D eigenvalue weighted by Gasteiger charge is 2.56. The van der Waals surface area contributed by atoms with Crippen LogP contribution in [-0.2, 0) is 16.1 Å². The Morgan fingerprint density at radius 1 is 1.10 bits per heavy atom. The van der Waals surface area contributed by atoms with E-state index in [2.05, 4.69) is 0 Å². The highest BCUT2D eigenvalue weighted by Crippen LogP contribution is 2.33. The number of benzene rings is 1. The van der Waals surface area contributed by atoms with Gasteiger partial charge in [0.15, 0.2) is 5.41 Å². The summed E-state index contributed by atoms with van der Waals surface area (Å²) in [5, 5.41) is 18.1. The van der Waals surface area contributed by atoms with Gasteiger partial charge in [-0.25, -0.2) is 0 Å². The van der Waals surface area contributed by atoms with Crippen molar-refractivity contribution in [3.63, 3.8) is 0 Å². The molecule has 1 aromatic carbocycles. The van der Waals surface area contributed by atoms with Gasteiger partial charge in [0, 0.05) is 25.7 Å². The number of carbonyl (C=O) groups is 2. The first-order valence-corrected chi connectivity index (χ1v) is 6.32. The zero-order valence-corrected chi connectivity index (χ0v) is 11.8. The fourth-order valence-electron chi connectivity index (χ4n) is 2.41. The van der Waals surface area contributed by atoms with E-state index in [1.54, 1.807) is 25.2 Å². The Kier molecular flexibility index (Phi) is 4.04. The number of carboxylic acids is 2. The van der Waals surface area contributed by atoms with Gasteiger partial charge in [-0.3, -0.25) is 14.5 Å². The van der Waals surface area contributed by atoms with E-state index < -0.39 is 17.4 Å². The van der Waals surface area contributed by atoms with Gasteiger partial charge in [0.2, 0.25) is 0 Å². The zero-order valence-electron chi connectivity index (χ0n) is 11.8. The molecule has 1 aliphatic rings. The molecule has 0 saturated carbocycles. The van der Waals surface area contributed by atoms with Crippen molar-refractivity contribution in [3.8, 4) is 11.5 Å². The van der Waals surface area contributed by atoms with Gasteiger partial charge in [-0.2, -0.15) is 0 Å². The van der Waals surface area contributed by atoms with E-state index in [0.29, 0.717) is 18.0 Å². The number of hydrogen-bond acceptors (Lipinski definition) is 5. The van der Waals surface area contributed by atoms with E-state index in [0.717, 1.165) is 5.56 Å². The molecule has 0 spiro atoms. The summed E-state index contributed by atoms with van der Waals surface area (Å²) in [6.07, 6.45) is 0. The van der Waals surface area contributed by atoms with E-state index in [1.165, 1.54) is 0 Å². The van der Waals surface area contributed by atoms with Gasteiger partial charge < -0.3 is 19.7 Å². The number of nitrogens with zero attached hydrogens (tertiary/aromatic N) is 1. The maximum atomic E-state index is 11.1. The molecule has 2 rings (SSSR count). The molecule has 0 unspecified atom stereocenters. The molecule has 0 atom stereocenters. The molecular formula is C14H17NO6. The highest BCUT2D eigenvalue weighted by molar-refractivity contribution is 6.00. The van der Waals surface area contributed by atoms with Gasteiger partial charge in [-0.1, -0.05) is 0 Å². The quantitative estimate of drug-likeness (QED) is 0.745. The fraction of sp³-hybridized carbons (Fsp3) is 0.429. The number of aliphatic carboxylic acids is 2. The number of ether oxygens (including phenoxy) is 2. The Labute approximate surface area is 121 Å². The second kappa shape index (κ2) is 5.61. The Morgan fingerprint density at radius 2 is 1.57 bits per heavy atom. The summed E-state index contributed by atoms with van der Waals surface area (Å²) in [7, 11) is 3.09.